The Morgan fingerprint density at radius 3 is 2.84 bits per heavy atom. The number of nitrogens with zero attached hydrogens (tertiary/aromatic N) is 3. The number of rotatable bonds is 4. The summed E-state index contributed by atoms with van der Waals surface area (Å²) in [5.41, 5.74) is 1.23. The second kappa shape index (κ2) is 7.26. The summed E-state index contributed by atoms with van der Waals surface area (Å²) in [4.78, 5) is 18.2. The van der Waals surface area contributed by atoms with Crippen LogP contribution in [0.3, 0.4) is 0 Å². The first-order valence-corrected chi connectivity index (χ1v) is 7.92. The van der Waals surface area contributed by atoms with Gasteiger partial charge in [0.1, 0.15) is 29.4 Å². The lowest BCUT2D eigenvalue weighted by Crippen LogP contribution is -2.47. The number of nitrogens with one attached hydrogen (secondary N) is 1. The van der Waals surface area contributed by atoms with Crippen molar-refractivity contribution in [2.45, 2.75) is 25.4 Å². The van der Waals surface area contributed by atoms with Crippen LogP contribution in [0.2, 0.25) is 0 Å². The van der Waals surface area contributed by atoms with E-state index in [1.54, 1.807) is 17.0 Å². The Balaban J connectivity index is 1.68. The fourth-order valence-corrected chi connectivity index (χ4v) is 2.83. The van der Waals surface area contributed by atoms with Gasteiger partial charge in [0, 0.05) is 24.7 Å². The van der Waals surface area contributed by atoms with Crippen LogP contribution in [0.25, 0.3) is 0 Å². The predicted octanol–water partition coefficient (Wildman–Crippen LogP) is 2.83. The van der Waals surface area contributed by atoms with Gasteiger partial charge in [-0.25, -0.2) is 13.8 Å². The van der Waals surface area contributed by atoms with Gasteiger partial charge in [-0.05, 0) is 31.0 Å². The minimum absolute atomic E-state index is 0.106. The van der Waals surface area contributed by atoms with E-state index in [0.29, 0.717) is 24.3 Å². The smallest absolute Gasteiger partial charge is 0.245 e. The van der Waals surface area contributed by atoms with Gasteiger partial charge in [-0.15, -0.1) is 0 Å². The second-order valence-electron chi connectivity index (χ2n) is 5.88. The molecule has 3 rings (SSSR count). The lowest BCUT2D eigenvalue weighted by atomic mass is 10.0. The molecule has 0 bridgehead atoms. The summed E-state index contributed by atoms with van der Waals surface area (Å²) in [5, 5.41) is 11.9. The van der Waals surface area contributed by atoms with E-state index in [1.165, 1.54) is 18.3 Å². The van der Waals surface area contributed by atoms with Crippen molar-refractivity contribution in [2.24, 2.45) is 0 Å². The van der Waals surface area contributed by atoms with Crippen LogP contribution in [0.5, 0.6) is 0 Å². The highest BCUT2D eigenvalue weighted by Crippen LogP contribution is 2.20. The summed E-state index contributed by atoms with van der Waals surface area (Å²) in [6.45, 7) is 0.633. The van der Waals surface area contributed by atoms with Crippen LogP contribution in [0.15, 0.2) is 36.5 Å². The molecule has 2 aromatic rings. The molecule has 1 fully saturated rings. The molecule has 1 aliphatic rings. The molecule has 0 aliphatic carbocycles. The number of likely N-dealkylation sites (tertiary alicyclic amines) is 1. The standard InChI is InChI=1S/C18H16F2N4O/c19-13-4-3-12(16(20)8-13)11-24-7-1-2-17(18(24)25)23-15-6-5-14(9-21)22-10-15/h3-6,8,10,17,23H,1-2,7,11H2/t17-/m0/s1. The van der Waals surface area contributed by atoms with Crippen LogP contribution in [0.1, 0.15) is 24.1 Å². The summed E-state index contributed by atoms with van der Waals surface area (Å²) in [7, 11) is 0. The monoisotopic (exact) mass is 342 g/mol. The van der Waals surface area contributed by atoms with Crippen molar-refractivity contribution in [1.82, 2.24) is 9.88 Å². The molecule has 1 N–H and O–H groups in total. The number of benzene rings is 1. The van der Waals surface area contributed by atoms with Gasteiger partial charge < -0.3 is 10.2 Å². The molecule has 0 spiro atoms. The number of piperidine rings is 1. The Bertz CT molecular complexity index is 817. The Labute approximate surface area is 143 Å². The number of carbonyl (C=O) groups excluding carboxylic acids is 1. The van der Waals surface area contributed by atoms with Crippen molar-refractivity contribution in [1.29, 1.82) is 5.26 Å². The number of anilines is 1. The summed E-state index contributed by atoms with van der Waals surface area (Å²) >= 11 is 0. The van der Waals surface area contributed by atoms with Gasteiger partial charge in [0.2, 0.25) is 5.91 Å². The minimum Gasteiger partial charge on any atom is -0.372 e. The molecule has 0 unspecified atom stereocenters. The lowest BCUT2D eigenvalue weighted by Gasteiger charge is -2.33. The zero-order chi connectivity index (χ0) is 17.8. The van der Waals surface area contributed by atoms with E-state index in [4.69, 9.17) is 5.26 Å². The van der Waals surface area contributed by atoms with Crippen LogP contribution in [0, 0.1) is 23.0 Å². The fraction of sp³-hybridized carbons (Fsp3) is 0.278. The topological polar surface area (TPSA) is 69.0 Å². The molecular formula is C18H16F2N4O. The lowest BCUT2D eigenvalue weighted by molar-refractivity contribution is -0.134. The Hall–Kier alpha value is -3.01. The highest BCUT2D eigenvalue weighted by atomic mass is 19.1. The molecule has 1 saturated heterocycles. The van der Waals surface area contributed by atoms with Crippen LogP contribution in [-0.2, 0) is 11.3 Å². The molecule has 2 heterocycles. The summed E-state index contributed by atoms with van der Waals surface area (Å²) in [6, 6.07) is 8.13. The zero-order valence-corrected chi connectivity index (χ0v) is 13.4. The summed E-state index contributed by atoms with van der Waals surface area (Å²) in [6.07, 6.45) is 2.93. The maximum atomic E-state index is 13.8. The van der Waals surface area contributed by atoms with Crippen molar-refractivity contribution >= 4 is 11.6 Å². The molecule has 1 aromatic heterocycles. The van der Waals surface area contributed by atoms with Gasteiger partial charge in [0.05, 0.1) is 11.9 Å². The first kappa shape index (κ1) is 16.8. The first-order valence-electron chi connectivity index (χ1n) is 7.92. The number of carbonyl (C=O) groups is 1. The maximum Gasteiger partial charge on any atom is 0.245 e. The maximum absolute atomic E-state index is 13.8. The summed E-state index contributed by atoms with van der Waals surface area (Å²) in [5.74, 6) is -1.43. The van der Waals surface area contributed by atoms with Crippen LogP contribution < -0.4 is 5.32 Å². The van der Waals surface area contributed by atoms with Crippen molar-refractivity contribution in [3.63, 3.8) is 0 Å². The SMILES string of the molecule is N#Cc1ccc(N[C@H]2CCCN(Cc3ccc(F)cc3F)C2=O)cn1. The molecule has 1 atom stereocenters. The highest BCUT2D eigenvalue weighted by molar-refractivity contribution is 5.85. The van der Waals surface area contributed by atoms with E-state index < -0.39 is 17.7 Å². The average Bonchev–Trinajstić information content (AvgIpc) is 2.61. The largest absolute Gasteiger partial charge is 0.372 e. The zero-order valence-electron chi connectivity index (χ0n) is 13.4. The van der Waals surface area contributed by atoms with Crippen molar-refractivity contribution in [2.75, 3.05) is 11.9 Å². The van der Waals surface area contributed by atoms with Crippen LogP contribution in [-0.4, -0.2) is 28.4 Å². The second-order valence-corrected chi connectivity index (χ2v) is 5.88. The molecule has 0 saturated carbocycles. The number of halogens is 2. The van der Waals surface area contributed by atoms with E-state index >= 15 is 0 Å². The van der Waals surface area contributed by atoms with E-state index in [0.717, 1.165) is 12.5 Å². The number of amides is 1. The third-order valence-electron chi connectivity index (χ3n) is 4.13. The Morgan fingerprint density at radius 1 is 1.32 bits per heavy atom. The van der Waals surface area contributed by atoms with E-state index in [9.17, 15) is 13.6 Å². The molecule has 7 heteroatoms. The summed E-state index contributed by atoms with van der Waals surface area (Å²) < 4.78 is 26.8. The van der Waals surface area contributed by atoms with Gasteiger partial charge in [0.15, 0.2) is 0 Å². The van der Waals surface area contributed by atoms with Crippen molar-refractivity contribution in [3.8, 4) is 6.07 Å². The number of hydrogen-bond donors (Lipinski definition) is 1. The fourth-order valence-electron chi connectivity index (χ4n) is 2.83. The Morgan fingerprint density at radius 2 is 2.16 bits per heavy atom. The highest BCUT2D eigenvalue weighted by Gasteiger charge is 2.29. The van der Waals surface area contributed by atoms with Crippen LogP contribution >= 0.6 is 0 Å². The first-order chi connectivity index (χ1) is 12.1. The van der Waals surface area contributed by atoms with Gasteiger partial charge >= 0.3 is 0 Å². The molecular weight excluding hydrogens is 326 g/mol. The third-order valence-corrected chi connectivity index (χ3v) is 4.13. The minimum atomic E-state index is -0.654. The van der Waals surface area contributed by atoms with Gasteiger partial charge in [-0.3, -0.25) is 4.79 Å². The molecule has 1 amide bonds. The Kier molecular flexibility index (Phi) is 4.89. The van der Waals surface area contributed by atoms with Crippen molar-refractivity contribution < 1.29 is 13.6 Å². The molecule has 1 aliphatic heterocycles. The molecule has 1 aromatic carbocycles. The number of pyridine rings is 1. The van der Waals surface area contributed by atoms with Gasteiger partial charge in [0.25, 0.3) is 0 Å². The predicted molar refractivity (Wildman–Crippen MR) is 87.4 cm³/mol. The van der Waals surface area contributed by atoms with E-state index in [1.807, 2.05) is 6.07 Å². The number of aromatic nitrogens is 1. The van der Waals surface area contributed by atoms with Gasteiger partial charge in [-0.2, -0.15) is 5.26 Å². The quantitative estimate of drug-likeness (QED) is 0.928. The van der Waals surface area contributed by atoms with Gasteiger partial charge in [-0.1, -0.05) is 6.07 Å². The van der Waals surface area contributed by atoms with E-state index in [2.05, 4.69) is 10.3 Å². The van der Waals surface area contributed by atoms with Crippen LogP contribution in [0.4, 0.5) is 14.5 Å². The molecule has 0 radical (unpaired) electrons. The molecule has 5 nitrogen and oxygen atoms in total. The average molecular weight is 342 g/mol. The van der Waals surface area contributed by atoms with Crippen molar-refractivity contribution in [3.05, 3.63) is 59.4 Å². The third kappa shape index (κ3) is 3.91. The van der Waals surface area contributed by atoms with E-state index in [-0.39, 0.29) is 18.0 Å². The number of nitriles is 1. The normalized spacial score (nSPS) is 17.2. The molecule has 128 valence electrons. The number of hydrogen-bond acceptors (Lipinski definition) is 4. The molecule has 25 heavy (non-hydrogen) atoms.